The monoisotopic (exact) mass is 516 g/mol. The fraction of sp³-hybridized carbons (Fsp3) is 0.526. The molecule has 0 bridgehead atoms. The average molecular weight is 516 g/mol. The van der Waals surface area contributed by atoms with Crippen LogP contribution in [0.4, 0.5) is 5.13 Å². The molecule has 0 saturated carbocycles. The third kappa shape index (κ3) is 6.47. The molecule has 0 aromatic carbocycles. The van der Waals surface area contributed by atoms with Gasteiger partial charge in [0, 0.05) is 57.1 Å². The van der Waals surface area contributed by atoms with Crippen molar-refractivity contribution in [2.75, 3.05) is 44.2 Å². The quantitative estimate of drug-likeness (QED) is 0.264. The van der Waals surface area contributed by atoms with Crippen molar-refractivity contribution in [3.63, 3.8) is 0 Å². The van der Waals surface area contributed by atoms with Crippen molar-refractivity contribution < 1.29 is 4.42 Å². The largest absolute Gasteiger partial charge is 0.469 e. The Bertz CT molecular complexity index is 752. The van der Waals surface area contributed by atoms with Gasteiger partial charge >= 0.3 is 0 Å². The van der Waals surface area contributed by atoms with E-state index in [2.05, 4.69) is 38.0 Å². The lowest BCUT2D eigenvalue weighted by Gasteiger charge is -2.36. The van der Waals surface area contributed by atoms with Crippen LogP contribution in [0.15, 0.2) is 40.0 Å². The van der Waals surface area contributed by atoms with Crippen LogP contribution < -0.4 is 10.2 Å². The maximum atomic E-state index is 5.41. The summed E-state index contributed by atoms with van der Waals surface area (Å²) in [5.41, 5.74) is 1.06. The summed E-state index contributed by atoms with van der Waals surface area (Å²) in [7, 11) is 0. The highest BCUT2D eigenvalue weighted by Gasteiger charge is 2.22. The molecule has 0 spiro atoms. The molecular weight excluding hydrogens is 487 g/mol. The molecule has 9 heteroatoms. The Morgan fingerprint density at radius 2 is 2.14 bits per heavy atom. The number of guanidine groups is 1. The summed E-state index contributed by atoms with van der Waals surface area (Å²) in [6.45, 7) is 13.1. The maximum Gasteiger partial charge on any atom is 0.205 e. The lowest BCUT2D eigenvalue weighted by Crippen LogP contribution is -2.53. The number of piperazine rings is 1. The maximum absolute atomic E-state index is 5.41. The topological polar surface area (TPSA) is 69.8 Å². The van der Waals surface area contributed by atoms with E-state index in [0.29, 0.717) is 6.54 Å². The van der Waals surface area contributed by atoms with Gasteiger partial charge in [-0.25, -0.2) is 9.98 Å². The molecule has 1 N–H and O–H groups in total. The molecule has 0 amide bonds. The van der Waals surface area contributed by atoms with Crippen molar-refractivity contribution in [3.05, 3.63) is 42.1 Å². The van der Waals surface area contributed by atoms with E-state index in [0.717, 1.165) is 73.8 Å². The molecule has 1 aliphatic heterocycles. The van der Waals surface area contributed by atoms with Crippen molar-refractivity contribution in [2.24, 2.45) is 4.99 Å². The zero-order valence-corrected chi connectivity index (χ0v) is 19.7. The molecule has 0 unspecified atom stereocenters. The first kappa shape index (κ1) is 22.7. The van der Waals surface area contributed by atoms with Gasteiger partial charge < -0.3 is 19.5 Å². The lowest BCUT2D eigenvalue weighted by molar-refractivity contribution is 0.371. The van der Waals surface area contributed by atoms with Crippen molar-refractivity contribution in [1.29, 1.82) is 0 Å². The van der Waals surface area contributed by atoms with E-state index in [-0.39, 0.29) is 24.0 Å². The highest BCUT2D eigenvalue weighted by Crippen LogP contribution is 2.19. The van der Waals surface area contributed by atoms with Crippen LogP contribution in [0.5, 0.6) is 0 Å². The molecule has 1 fully saturated rings. The number of aryl methyl sites for hydroxylation is 1. The molecule has 3 heterocycles. The molecule has 2 aromatic rings. The molecular formula is C19H29IN6OS. The molecule has 0 aliphatic carbocycles. The van der Waals surface area contributed by atoms with Gasteiger partial charge in [-0.3, -0.25) is 0 Å². The third-order valence-electron chi connectivity index (χ3n) is 4.36. The number of halogens is 1. The highest BCUT2D eigenvalue weighted by molar-refractivity contribution is 14.0. The van der Waals surface area contributed by atoms with Gasteiger partial charge in [0.05, 0.1) is 12.8 Å². The number of furan rings is 1. The normalized spacial score (nSPS) is 14.7. The fourth-order valence-electron chi connectivity index (χ4n) is 2.86. The number of nitrogens with zero attached hydrogens (tertiary/aromatic N) is 5. The van der Waals surface area contributed by atoms with Crippen LogP contribution in [-0.4, -0.2) is 59.5 Å². The van der Waals surface area contributed by atoms with Crippen LogP contribution in [0.3, 0.4) is 0 Å². The molecule has 1 aliphatic rings. The van der Waals surface area contributed by atoms with E-state index in [1.807, 2.05) is 19.1 Å². The Balaban J connectivity index is 0.00000280. The van der Waals surface area contributed by atoms with E-state index < -0.39 is 0 Å². The Kier molecular flexibility index (Phi) is 9.23. The Morgan fingerprint density at radius 1 is 1.36 bits per heavy atom. The number of rotatable bonds is 7. The summed E-state index contributed by atoms with van der Waals surface area (Å²) in [6.07, 6.45) is 3.43. The first-order valence-corrected chi connectivity index (χ1v) is 10.2. The summed E-state index contributed by atoms with van der Waals surface area (Å²) in [5, 5.41) is 4.51. The summed E-state index contributed by atoms with van der Waals surface area (Å²) in [5.74, 6) is 2.85. The zero-order chi connectivity index (χ0) is 19.1. The van der Waals surface area contributed by atoms with Crippen LogP contribution in [0.25, 0.3) is 0 Å². The standard InChI is InChI=1S/C19H28N6OS.HI/c1-4-17-22-19(27-23-17)25-11-9-24(10-12-25)18(21-14-15(2)3)20-8-7-16-6-5-13-26-16;/h5-6,13H,2,4,7-12,14H2,1,3H3,(H,20,21);1H. The number of hydrogen-bond donors (Lipinski definition) is 1. The molecule has 2 aromatic heterocycles. The SMILES string of the molecule is C=C(C)CN=C(NCCc1ccco1)N1CCN(c2nc(CC)ns2)CC1.I. The van der Waals surface area contributed by atoms with Crippen LogP contribution in [-0.2, 0) is 12.8 Å². The number of aromatic nitrogens is 2. The molecule has 3 rings (SSSR count). The second kappa shape index (κ2) is 11.4. The molecule has 7 nitrogen and oxygen atoms in total. The van der Waals surface area contributed by atoms with Crippen LogP contribution in [0.1, 0.15) is 25.4 Å². The number of anilines is 1. The van der Waals surface area contributed by atoms with Crippen molar-refractivity contribution >= 4 is 46.6 Å². The predicted molar refractivity (Wildman–Crippen MR) is 126 cm³/mol. The van der Waals surface area contributed by atoms with E-state index in [1.54, 1.807) is 6.26 Å². The highest BCUT2D eigenvalue weighted by atomic mass is 127. The summed E-state index contributed by atoms with van der Waals surface area (Å²) < 4.78 is 9.81. The average Bonchev–Trinajstić information content (AvgIpc) is 3.36. The van der Waals surface area contributed by atoms with Gasteiger partial charge in [0.25, 0.3) is 0 Å². The molecule has 0 atom stereocenters. The number of nitrogens with one attached hydrogen (secondary N) is 1. The Hall–Kier alpha value is -1.62. The van der Waals surface area contributed by atoms with E-state index in [4.69, 9.17) is 9.41 Å². The molecule has 1 saturated heterocycles. The van der Waals surface area contributed by atoms with Gasteiger partial charge in [0.1, 0.15) is 11.6 Å². The van der Waals surface area contributed by atoms with Crippen LogP contribution in [0.2, 0.25) is 0 Å². The first-order valence-electron chi connectivity index (χ1n) is 9.43. The van der Waals surface area contributed by atoms with Crippen LogP contribution in [0, 0.1) is 0 Å². The summed E-state index contributed by atoms with van der Waals surface area (Å²) in [6, 6.07) is 3.92. The molecule has 0 radical (unpaired) electrons. The second-order valence-electron chi connectivity index (χ2n) is 6.67. The predicted octanol–water partition coefficient (Wildman–Crippen LogP) is 3.20. The van der Waals surface area contributed by atoms with Gasteiger partial charge in [0.2, 0.25) is 5.13 Å². The summed E-state index contributed by atoms with van der Waals surface area (Å²) >= 11 is 1.50. The van der Waals surface area contributed by atoms with Crippen molar-refractivity contribution in [1.82, 2.24) is 19.6 Å². The summed E-state index contributed by atoms with van der Waals surface area (Å²) in [4.78, 5) is 14.0. The second-order valence-corrected chi connectivity index (χ2v) is 7.40. The number of aliphatic imine (C=N–C) groups is 1. The minimum Gasteiger partial charge on any atom is -0.469 e. The van der Waals surface area contributed by atoms with Crippen molar-refractivity contribution in [3.8, 4) is 0 Å². The number of hydrogen-bond acceptors (Lipinski definition) is 6. The minimum atomic E-state index is 0. The van der Waals surface area contributed by atoms with E-state index in [9.17, 15) is 0 Å². The van der Waals surface area contributed by atoms with Gasteiger partial charge in [-0.05, 0) is 19.1 Å². The van der Waals surface area contributed by atoms with Crippen LogP contribution >= 0.6 is 35.5 Å². The van der Waals surface area contributed by atoms with Gasteiger partial charge in [0.15, 0.2) is 5.96 Å². The Labute approximate surface area is 188 Å². The fourth-order valence-corrected chi connectivity index (χ4v) is 3.66. The van der Waals surface area contributed by atoms with Crippen molar-refractivity contribution in [2.45, 2.75) is 26.7 Å². The van der Waals surface area contributed by atoms with Gasteiger partial charge in [-0.2, -0.15) is 4.37 Å². The third-order valence-corrected chi connectivity index (χ3v) is 5.17. The minimum absolute atomic E-state index is 0. The lowest BCUT2D eigenvalue weighted by atomic mass is 10.3. The Morgan fingerprint density at radius 3 is 2.75 bits per heavy atom. The van der Waals surface area contributed by atoms with E-state index >= 15 is 0 Å². The zero-order valence-electron chi connectivity index (χ0n) is 16.6. The first-order chi connectivity index (χ1) is 13.2. The smallest absolute Gasteiger partial charge is 0.205 e. The van der Waals surface area contributed by atoms with Gasteiger partial charge in [-0.15, -0.1) is 24.0 Å². The molecule has 154 valence electrons. The van der Waals surface area contributed by atoms with Gasteiger partial charge in [-0.1, -0.05) is 19.1 Å². The molecule has 28 heavy (non-hydrogen) atoms. The van der Waals surface area contributed by atoms with E-state index in [1.165, 1.54) is 11.5 Å².